The molecule has 1 aromatic heterocycles. The molecule has 0 spiro atoms. The third kappa shape index (κ3) is 4.01. The molecule has 0 radical (unpaired) electrons. The molecule has 28 heavy (non-hydrogen) atoms. The molecule has 3 amide bonds. The molecule has 3 heterocycles. The van der Waals surface area contributed by atoms with E-state index in [2.05, 4.69) is 16.0 Å². The maximum atomic E-state index is 12.2. The molecule has 3 unspecified atom stereocenters. The minimum Gasteiger partial charge on any atom is -0.423 e. The molecule has 8 heteroatoms. The molecule has 2 aromatic rings. The van der Waals surface area contributed by atoms with Gasteiger partial charge >= 0.3 is 11.7 Å². The van der Waals surface area contributed by atoms with E-state index >= 15 is 0 Å². The maximum Gasteiger partial charge on any atom is 0.336 e. The summed E-state index contributed by atoms with van der Waals surface area (Å²) in [6, 6.07) is 7.19. The quantitative estimate of drug-likeness (QED) is 0.393. The number of rotatable bonds is 6. The molecule has 4 rings (SSSR count). The zero-order valence-corrected chi connectivity index (χ0v) is 16.4. The van der Waals surface area contributed by atoms with Crippen molar-refractivity contribution in [1.82, 2.24) is 10.6 Å². The minimum absolute atomic E-state index is 0.0536. The van der Waals surface area contributed by atoms with Gasteiger partial charge in [0.15, 0.2) is 0 Å². The number of thioether (sulfide) groups is 1. The molecule has 2 fully saturated rings. The first-order valence-corrected chi connectivity index (χ1v) is 10.6. The monoisotopic (exact) mass is 401 g/mol. The molecular weight excluding hydrogens is 378 g/mol. The summed E-state index contributed by atoms with van der Waals surface area (Å²) in [5.74, 6) is 0.897. The average molecular weight is 401 g/mol. The fourth-order valence-corrected chi connectivity index (χ4v) is 5.44. The first-order chi connectivity index (χ1) is 13.5. The van der Waals surface area contributed by atoms with Gasteiger partial charge in [0, 0.05) is 40.6 Å². The summed E-state index contributed by atoms with van der Waals surface area (Å²) in [6.07, 6.45) is 3.16. The lowest BCUT2D eigenvalue weighted by molar-refractivity contribution is -0.116. The predicted octanol–water partition coefficient (Wildman–Crippen LogP) is 2.77. The van der Waals surface area contributed by atoms with E-state index in [4.69, 9.17) is 4.42 Å². The molecule has 148 valence electrons. The number of anilines is 1. The van der Waals surface area contributed by atoms with Crippen molar-refractivity contribution in [3.8, 4) is 0 Å². The average Bonchev–Trinajstić information content (AvgIpc) is 3.17. The lowest BCUT2D eigenvalue weighted by Crippen LogP contribution is -2.36. The Morgan fingerprint density at radius 2 is 2.11 bits per heavy atom. The van der Waals surface area contributed by atoms with Crippen LogP contribution < -0.4 is 21.6 Å². The van der Waals surface area contributed by atoms with Crippen LogP contribution in [0.2, 0.25) is 0 Å². The van der Waals surface area contributed by atoms with E-state index < -0.39 is 5.63 Å². The standard InChI is InChI=1S/C20H23N3O4S/c1-11-8-18(25)27-15-9-12(6-7-13(11)15)21-17(24)5-3-2-4-16-19-14(10-28-16)22-20(26)23-19/h6-9,14,16,19H,2-5,10H2,1H3,(H,21,24)(H2,22,23,26). The minimum atomic E-state index is -0.394. The van der Waals surface area contributed by atoms with Crippen LogP contribution in [-0.4, -0.2) is 35.0 Å². The van der Waals surface area contributed by atoms with Gasteiger partial charge in [-0.25, -0.2) is 9.59 Å². The summed E-state index contributed by atoms with van der Waals surface area (Å²) in [5, 5.41) is 10.1. The Kier molecular flexibility index (Phi) is 5.30. The zero-order valence-electron chi connectivity index (χ0n) is 15.6. The Balaban J connectivity index is 1.25. The number of nitrogens with one attached hydrogen (secondary N) is 3. The van der Waals surface area contributed by atoms with Crippen molar-refractivity contribution < 1.29 is 14.0 Å². The van der Waals surface area contributed by atoms with Crippen LogP contribution in [0.3, 0.4) is 0 Å². The van der Waals surface area contributed by atoms with Gasteiger partial charge in [0.25, 0.3) is 0 Å². The Labute approximate surface area is 166 Å². The molecule has 0 saturated carbocycles. The first kappa shape index (κ1) is 18.9. The van der Waals surface area contributed by atoms with Crippen molar-refractivity contribution in [2.75, 3.05) is 11.1 Å². The highest BCUT2D eigenvalue weighted by molar-refractivity contribution is 8.00. The molecule has 2 saturated heterocycles. The summed E-state index contributed by atoms with van der Waals surface area (Å²) in [4.78, 5) is 35.2. The van der Waals surface area contributed by atoms with Gasteiger partial charge in [-0.3, -0.25) is 4.79 Å². The number of carbonyl (C=O) groups is 2. The molecular formula is C20H23N3O4S. The van der Waals surface area contributed by atoms with Crippen LogP contribution in [0.1, 0.15) is 31.2 Å². The first-order valence-electron chi connectivity index (χ1n) is 9.52. The third-order valence-corrected chi connectivity index (χ3v) is 6.82. The molecule has 7 nitrogen and oxygen atoms in total. The second kappa shape index (κ2) is 7.87. The van der Waals surface area contributed by atoms with Gasteiger partial charge in [0.1, 0.15) is 5.58 Å². The Hall–Kier alpha value is -2.48. The van der Waals surface area contributed by atoms with Crippen LogP contribution >= 0.6 is 11.8 Å². The van der Waals surface area contributed by atoms with Crippen molar-refractivity contribution in [2.45, 2.75) is 49.9 Å². The number of unbranched alkanes of at least 4 members (excludes halogenated alkanes) is 1. The van der Waals surface area contributed by atoms with Crippen molar-refractivity contribution >= 4 is 40.4 Å². The number of carbonyl (C=O) groups excluding carboxylic acids is 2. The predicted molar refractivity (Wildman–Crippen MR) is 110 cm³/mol. The van der Waals surface area contributed by atoms with Crippen molar-refractivity contribution in [1.29, 1.82) is 0 Å². The summed E-state index contributed by atoms with van der Waals surface area (Å²) in [6.45, 7) is 1.86. The summed E-state index contributed by atoms with van der Waals surface area (Å²) in [5.41, 5.74) is 1.56. The summed E-state index contributed by atoms with van der Waals surface area (Å²) >= 11 is 1.89. The molecule has 3 N–H and O–H groups in total. The van der Waals surface area contributed by atoms with Crippen LogP contribution in [0.5, 0.6) is 0 Å². The van der Waals surface area contributed by atoms with Crippen molar-refractivity contribution in [3.63, 3.8) is 0 Å². The smallest absolute Gasteiger partial charge is 0.336 e. The largest absolute Gasteiger partial charge is 0.423 e. The van der Waals surface area contributed by atoms with E-state index in [0.29, 0.717) is 22.9 Å². The van der Waals surface area contributed by atoms with Crippen molar-refractivity contribution in [2.24, 2.45) is 0 Å². The lowest BCUT2D eigenvalue weighted by atomic mass is 10.0. The number of benzene rings is 1. The van der Waals surface area contributed by atoms with Gasteiger partial charge in [0.05, 0.1) is 12.1 Å². The molecule has 0 bridgehead atoms. The van der Waals surface area contributed by atoms with Gasteiger partial charge in [-0.1, -0.05) is 6.42 Å². The van der Waals surface area contributed by atoms with Gasteiger partial charge < -0.3 is 20.4 Å². The highest BCUT2D eigenvalue weighted by Crippen LogP contribution is 2.33. The van der Waals surface area contributed by atoms with E-state index in [1.807, 2.05) is 30.8 Å². The Morgan fingerprint density at radius 3 is 2.96 bits per heavy atom. The van der Waals surface area contributed by atoms with E-state index in [9.17, 15) is 14.4 Å². The highest BCUT2D eigenvalue weighted by Gasteiger charge is 2.42. The second-order valence-corrected chi connectivity index (χ2v) is 8.65. The lowest BCUT2D eigenvalue weighted by Gasteiger charge is -2.16. The van der Waals surface area contributed by atoms with Gasteiger partial charge in [-0.05, 0) is 37.5 Å². The normalized spacial score (nSPS) is 23.3. The number of hydrogen-bond acceptors (Lipinski definition) is 5. The molecule has 3 atom stereocenters. The highest BCUT2D eigenvalue weighted by atomic mass is 32.2. The van der Waals surface area contributed by atoms with Gasteiger partial charge in [-0.2, -0.15) is 11.8 Å². The SMILES string of the molecule is Cc1cc(=O)oc2cc(NC(=O)CCCCC3SCC4NC(=O)NC43)ccc12. The molecule has 0 aliphatic carbocycles. The van der Waals surface area contributed by atoms with Crippen LogP contribution in [0.4, 0.5) is 10.5 Å². The summed E-state index contributed by atoms with van der Waals surface area (Å²) < 4.78 is 5.22. The summed E-state index contributed by atoms with van der Waals surface area (Å²) in [7, 11) is 0. The topological polar surface area (TPSA) is 100 Å². The number of aryl methyl sites for hydroxylation is 1. The van der Waals surface area contributed by atoms with Crippen molar-refractivity contribution in [3.05, 3.63) is 40.2 Å². The Bertz CT molecular complexity index is 974. The van der Waals surface area contributed by atoms with E-state index in [0.717, 1.165) is 36.0 Å². The fraction of sp³-hybridized carbons (Fsp3) is 0.450. The molecule has 1 aromatic carbocycles. The maximum absolute atomic E-state index is 12.2. The number of urea groups is 1. The zero-order chi connectivity index (χ0) is 19.7. The van der Waals surface area contributed by atoms with Gasteiger partial charge in [0.2, 0.25) is 5.91 Å². The van der Waals surface area contributed by atoms with E-state index in [1.165, 1.54) is 6.07 Å². The number of amides is 3. The number of fused-ring (bicyclic) bond motifs is 2. The van der Waals surface area contributed by atoms with E-state index in [1.54, 1.807) is 6.07 Å². The fourth-order valence-electron chi connectivity index (χ4n) is 3.90. The second-order valence-electron chi connectivity index (χ2n) is 7.38. The van der Waals surface area contributed by atoms with Gasteiger partial charge in [-0.15, -0.1) is 0 Å². The van der Waals surface area contributed by atoms with Crippen LogP contribution in [-0.2, 0) is 4.79 Å². The van der Waals surface area contributed by atoms with Crippen LogP contribution in [0, 0.1) is 6.92 Å². The molecule has 2 aliphatic rings. The van der Waals surface area contributed by atoms with Crippen LogP contribution in [0.25, 0.3) is 11.0 Å². The third-order valence-electron chi connectivity index (χ3n) is 5.32. The Morgan fingerprint density at radius 1 is 1.25 bits per heavy atom. The van der Waals surface area contributed by atoms with E-state index in [-0.39, 0.29) is 24.0 Å². The molecule has 2 aliphatic heterocycles. The van der Waals surface area contributed by atoms with Crippen LogP contribution in [0.15, 0.2) is 33.5 Å². The number of hydrogen-bond donors (Lipinski definition) is 3.